The van der Waals surface area contributed by atoms with Crippen LogP contribution in [0.15, 0.2) is 65.6 Å². The van der Waals surface area contributed by atoms with Crippen LogP contribution in [0.5, 0.6) is 0 Å². The van der Waals surface area contributed by atoms with Gasteiger partial charge in [-0.05, 0) is 36.8 Å². The number of carbonyl (C=O) groups is 1. The summed E-state index contributed by atoms with van der Waals surface area (Å²) in [6, 6.07) is 15.8. The minimum atomic E-state index is -0.389. The van der Waals surface area contributed by atoms with E-state index in [1.165, 1.54) is 40.5 Å². The fraction of sp³-hybridized carbons (Fsp3) is 0.240. The number of carbonyl (C=O) groups excluding carboxylic acids is 1. The van der Waals surface area contributed by atoms with Crippen molar-refractivity contribution in [2.24, 2.45) is 0 Å². The van der Waals surface area contributed by atoms with Gasteiger partial charge >= 0.3 is 0 Å². The number of halogens is 1. The third kappa shape index (κ3) is 3.93. The molecule has 1 amide bonds. The standard InChI is InChI=1S/C25H24FN5O2/c1-2-30-22-12-13-29(15-17-6-4-3-5-7-17)16-21(22)25(33)31-24(30)20(14-27-31)23(32)28-19-10-8-18(26)9-11-19/h3-11,14H,2,12-13,15-16H2,1H3,(H,28,32). The van der Waals surface area contributed by atoms with Crippen LogP contribution in [0.4, 0.5) is 10.1 Å². The summed E-state index contributed by atoms with van der Waals surface area (Å²) in [5.74, 6) is -0.767. The van der Waals surface area contributed by atoms with Crippen molar-refractivity contribution in [3.05, 3.63) is 99.3 Å². The lowest BCUT2D eigenvalue weighted by atomic mass is 10.0. The van der Waals surface area contributed by atoms with Crippen LogP contribution >= 0.6 is 0 Å². The molecule has 0 bridgehead atoms. The quantitative estimate of drug-likeness (QED) is 0.511. The van der Waals surface area contributed by atoms with E-state index < -0.39 is 0 Å². The molecule has 0 radical (unpaired) electrons. The van der Waals surface area contributed by atoms with E-state index in [2.05, 4.69) is 27.4 Å². The first kappa shape index (κ1) is 21.1. The zero-order valence-corrected chi connectivity index (χ0v) is 18.3. The predicted molar refractivity (Wildman–Crippen MR) is 124 cm³/mol. The lowest BCUT2D eigenvalue weighted by Crippen LogP contribution is -2.38. The number of hydrogen-bond donors (Lipinski definition) is 1. The van der Waals surface area contributed by atoms with E-state index in [0.717, 1.165) is 24.3 Å². The molecule has 0 atom stereocenters. The summed E-state index contributed by atoms with van der Waals surface area (Å²) in [4.78, 5) is 28.6. The molecule has 3 heterocycles. The minimum Gasteiger partial charge on any atom is -0.329 e. The Bertz CT molecular complexity index is 1380. The molecule has 0 spiro atoms. The minimum absolute atomic E-state index is 0.191. The molecule has 2 aromatic heterocycles. The second kappa shape index (κ2) is 8.63. The first-order valence-corrected chi connectivity index (χ1v) is 11.0. The average molecular weight is 445 g/mol. The molecule has 8 heteroatoms. The Morgan fingerprint density at radius 1 is 1.12 bits per heavy atom. The number of fused-ring (bicyclic) bond motifs is 2. The monoisotopic (exact) mass is 445 g/mol. The maximum atomic E-state index is 13.4. The summed E-state index contributed by atoms with van der Waals surface area (Å²) in [6.45, 7) is 4.73. The van der Waals surface area contributed by atoms with Gasteiger partial charge in [0.25, 0.3) is 11.5 Å². The Balaban J connectivity index is 1.50. The summed E-state index contributed by atoms with van der Waals surface area (Å²) >= 11 is 0. The zero-order valence-electron chi connectivity index (χ0n) is 18.3. The highest BCUT2D eigenvalue weighted by Gasteiger charge is 2.27. The van der Waals surface area contributed by atoms with Gasteiger partial charge in [-0.15, -0.1) is 0 Å². The molecular weight excluding hydrogens is 421 g/mol. The average Bonchev–Trinajstić information content (AvgIpc) is 3.27. The van der Waals surface area contributed by atoms with E-state index >= 15 is 0 Å². The number of aromatic nitrogens is 3. The largest absolute Gasteiger partial charge is 0.329 e. The van der Waals surface area contributed by atoms with Crippen molar-refractivity contribution in [2.75, 3.05) is 11.9 Å². The number of anilines is 1. The lowest BCUT2D eigenvalue weighted by molar-refractivity contribution is 0.102. The van der Waals surface area contributed by atoms with Crippen LogP contribution in [-0.2, 0) is 26.1 Å². The van der Waals surface area contributed by atoms with Gasteiger partial charge < -0.3 is 9.88 Å². The fourth-order valence-corrected chi connectivity index (χ4v) is 4.51. The van der Waals surface area contributed by atoms with Crippen molar-refractivity contribution in [1.29, 1.82) is 0 Å². The van der Waals surface area contributed by atoms with Crippen LogP contribution in [0, 0.1) is 5.82 Å². The molecule has 1 aliphatic heterocycles. The molecule has 4 aromatic rings. The third-order valence-corrected chi connectivity index (χ3v) is 6.08. The molecule has 168 valence electrons. The second-order valence-electron chi connectivity index (χ2n) is 8.18. The molecular formula is C25H24FN5O2. The topological polar surface area (TPSA) is 71.6 Å². The Hall–Kier alpha value is -3.78. The number of nitrogens with zero attached hydrogens (tertiary/aromatic N) is 4. The highest BCUT2D eigenvalue weighted by atomic mass is 19.1. The van der Waals surface area contributed by atoms with Crippen LogP contribution in [0.25, 0.3) is 5.65 Å². The maximum absolute atomic E-state index is 13.4. The van der Waals surface area contributed by atoms with Crippen LogP contribution in [0.2, 0.25) is 0 Å². The van der Waals surface area contributed by atoms with Crippen LogP contribution in [0.1, 0.15) is 34.1 Å². The van der Waals surface area contributed by atoms with Crippen LogP contribution in [0.3, 0.4) is 0 Å². The maximum Gasteiger partial charge on any atom is 0.279 e. The number of hydrogen-bond acceptors (Lipinski definition) is 4. The van der Waals surface area contributed by atoms with Crippen LogP contribution < -0.4 is 10.9 Å². The highest BCUT2D eigenvalue weighted by molar-refractivity contribution is 6.08. The molecule has 7 nitrogen and oxygen atoms in total. The molecule has 0 fully saturated rings. The van der Waals surface area contributed by atoms with Crippen molar-refractivity contribution in [3.8, 4) is 0 Å². The molecule has 1 N–H and O–H groups in total. The van der Waals surface area contributed by atoms with Gasteiger partial charge in [0.1, 0.15) is 11.4 Å². The molecule has 33 heavy (non-hydrogen) atoms. The zero-order chi connectivity index (χ0) is 22.9. The van der Waals surface area contributed by atoms with Crippen molar-refractivity contribution in [3.63, 3.8) is 0 Å². The summed E-state index contributed by atoms with van der Waals surface area (Å²) in [7, 11) is 0. The van der Waals surface area contributed by atoms with Crippen molar-refractivity contribution in [2.45, 2.75) is 33.0 Å². The molecule has 0 unspecified atom stereocenters. The number of benzene rings is 2. The molecule has 0 saturated heterocycles. The van der Waals surface area contributed by atoms with Gasteiger partial charge in [-0.1, -0.05) is 30.3 Å². The van der Waals surface area contributed by atoms with Gasteiger partial charge in [0, 0.05) is 44.0 Å². The van der Waals surface area contributed by atoms with Crippen molar-refractivity contribution in [1.82, 2.24) is 19.1 Å². The number of rotatable bonds is 5. The fourth-order valence-electron chi connectivity index (χ4n) is 4.51. The van der Waals surface area contributed by atoms with Crippen LogP contribution in [-0.4, -0.2) is 31.5 Å². The van der Waals surface area contributed by atoms with Gasteiger partial charge in [0.05, 0.1) is 11.8 Å². The Labute approximate surface area is 190 Å². The number of amides is 1. The first-order valence-electron chi connectivity index (χ1n) is 11.0. The summed E-state index contributed by atoms with van der Waals surface area (Å²) < 4.78 is 16.5. The molecule has 5 rings (SSSR count). The first-order chi connectivity index (χ1) is 16.0. The molecule has 0 aliphatic carbocycles. The number of aryl methyl sites for hydroxylation is 1. The number of nitrogens with one attached hydrogen (secondary N) is 1. The summed E-state index contributed by atoms with van der Waals surface area (Å²) in [5, 5.41) is 7.03. The lowest BCUT2D eigenvalue weighted by Gasteiger charge is -2.30. The van der Waals surface area contributed by atoms with E-state index in [-0.39, 0.29) is 17.3 Å². The smallest absolute Gasteiger partial charge is 0.279 e. The predicted octanol–water partition coefficient (Wildman–Crippen LogP) is 3.47. The van der Waals surface area contributed by atoms with Gasteiger partial charge in [-0.25, -0.2) is 4.39 Å². The van der Waals surface area contributed by atoms with E-state index in [0.29, 0.717) is 36.4 Å². The van der Waals surface area contributed by atoms with E-state index in [9.17, 15) is 14.0 Å². The molecule has 0 saturated carbocycles. The molecule has 2 aromatic carbocycles. The van der Waals surface area contributed by atoms with Gasteiger partial charge in [-0.2, -0.15) is 9.61 Å². The van der Waals surface area contributed by atoms with E-state index in [1.54, 1.807) is 0 Å². The summed E-state index contributed by atoms with van der Waals surface area (Å²) in [5.41, 5.74) is 3.96. The van der Waals surface area contributed by atoms with Gasteiger partial charge in [0.15, 0.2) is 5.65 Å². The van der Waals surface area contributed by atoms with E-state index in [1.807, 2.05) is 29.7 Å². The van der Waals surface area contributed by atoms with Crippen molar-refractivity contribution < 1.29 is 9.18 Å². The highest BCUT2D eigenvalue weighted by Crippen LogP contribution is 2.22. The Kier molecular flexibility index (Phi) is 5.51. The normalized spacial score (nSPS) is 13.8. The Morgan fingerprint density at radius 2 is 1.88 bits per heavy atom. The van der Waals surface area contributed by atoms with Crippen molar-refractivity contribution >= 4 is 17.2 Å². The summed E-state index contributed by atoms with van der Waals surface area (Å²) in [6.07, 6.45) is 2.14. The SMILES string of the molecule is CCn1c2c(c(=O)n3ncc(C(=O)Nc4ccc(F)cc4)c13)CN(Cc1ccccc1)CC2. The second-order valence-corrected chi connectivity index (χ2v) is 8.18. The Morgan fingerprint density at radius 3 is 2.61 bits per heavy atom. The van der Waals surface area contributed by atoms with Gasteiger partial charge in [-0.3, -0.25) is 14.5 Å². The van der Waals surface area contributed by atoms with Gasteiger partial charge in [0.2, 0.25) is 0 Å². The van der Waals surface area contributed by atoms with E-state index in [4.69, 9.17) is 0 Å². The molecule has 1 aliphatic rings. The third-order valence-electron chi connectivity index (χ3n) is 6.08.